The molecule has 0 bridgehead atoms. The Hall–Kier alpha value is -2.30. The topological polar surface area (TPSA) is 72.4 Å². The third-order valence-electron chi connectivity index (χ3n) is 2.93. The molecule has 1 unspecified atom stereocenters. The highest BCUT2D eigenvalue weighted by Gasteiger charge is 2.39. The Morgan fingerprint density at radius 1 is 1.33 bits per heavy atom. The van der Waals surface area contributed by atoms with Crippen LogP contribution < -0.4 is 5.73 Å². The molecular formula is C13H14N2O3. The van der Waals surface area contributed by atoms with E-state index in [1.54, 1.807) is 24.3 Å². The predicted octanol–water partition coefficient (Wildman–Crippen LogP) is 0.613. The molecule has 1 aliphatic rings. The number of carbonyl (C=O) groups is 2. The summed E-state index contributed by atoms with van der Waals surface area (Å²) in [6, 6.07) is 6.61. The molecule has 1 fully saturated rings. The molecule has 0 saturated carbocycles. The third-order valence-corrected chi connectivity index (χ3v) is 2.93. The number of rotatable bonds is 4. The quantitative estimate of drug-likeness (QED) is 0.624. The van der Waals surface area contributed by atoms with Crippen molar-refractivity contribution in [2.24, 2.45) is 5.73 Å². The summed E-state index contributed by atoms with van der Waals surface area (Å²) in [6.07, 6.45) is 0. The van der Waals surface area contributed by atoms with Gasteiger partial charge in [0, 0.05) is 12.2 Å². The van der Waals surface area contributed by atoms with E-state index < -0.39 is 0 Å². The minimum atomic E-state index is -0.381. The third kappa shape index (κ3) is 2.20. The second-order valence-corrected chi connectivity index (χ2v) is 4.09. The number of ether oxygens (including phenoxy) is 1. The molecule has 1 aromatic carbocycles. The van der Waals surface area contributed by atoms with Gasteiger partial charge in [0.2, 0.25) is 5.91 Å². The van der Waals surface area contributed by atoms with Gasteiger partial charge in [-0.1, -0.05) is 18.7 Å². The first-order chi connectivity index (χ1) is 8.54. The van der Waals surface area contributed by atoms with Crippen LogP contribution in [0.4, 0.5) is 0 Å². The largest absolute Gasteiger partial charge is 0.465 e. The van der Waals surface area contributed by atoms with E-state index in [0.717, 1.165) is 11.3 Å². The molecule has 0 spiro atoms. The zero-order valence-corrected chi connectivity index (χ0v) is 10.1. The smallest absolute Gasteiger partial charge is 0.337 e. The van der Waals surface area contributed by atoms with Crippen molar-refractivity contribution in [2.75, 3.05) is 13.7 Å². The lowest BCUT2D eigenvalue weighted by Crippen LogP contribution is -2.21. The molecule has 5 nitrogen and oxygen atoms in total. The molecule has 2 N–H and O–H groups in total. The first kappa shape index (κ1) is 12.2. The van der Waals surface area contributed by atoms with Crippen molar-refractivity contribution >= 4 is 17.6 Å². The number of amides is 1. The van der Waals surface area contributed by atoms with Crippen LogP contribution in [-0.4, -0.2) is 36.5 Å². The normalized spacial score (nSPS) is 17.2. The van der Waals surface area contributed by atoms with Gasteiger partial charge in [-0.25, -0.2) is 4.79 Å². The molecule has 1 heterocycles. The standard InChI is InChI=1S/C13H14N2O3/c1-8(15-7-11(15)12(14)16)9-3-5-10(6-4-9)13(17)18-2/h3-6,11H,1,7H2,2H3,(H2,14,16). The molecule has 1 saturated heterocycles. The predicted molar refractivity (Wildman–Crippen MR) is 66.5 cm³/mol. The monoisotopic (exact) mass is 246 g/mol. The zero-order chi connectivity index (χ0) is 13.3. The summed E-state index contributed by atoms with van der Waals surface area (Å²) in [7, 11) is 1.34. The van der Waals surface area contributed by atoms with E-state index in [-0.39, 0.29) is 17.9 Å². The van der Waals surface area contributed by atoms with Crippen LogP contribution in [0.3, 0.4) is 0 Å². The van der Waals surface area contributed by atoms with Gasteiger partial charge in [0.25, 0.3) is 0 Å². The Morgan fingerprint density at radius 2 is 1.89 bits per heavy atom. The highest BCUT2D eigenvalue weighted by Crippen LogP contribution is 2.29. The number of benzene rings is 1. The number of hydrogen-bond acceptors (Lipinski definition) is 4. The van der Waals surface area contributed by atoms with Gasteiger partial charge in [-0.3, -0.25) is 4.79 Å². The molecule has 0 aromatic heterocycles. The van der Waals surface area contributed by atoms with E-state index in [2.05, 4.69) is 11.3 Å². The van der Waals surface area contributed by atoms with Gasteiger partial charge >= 0.3 is 5.97 Å². The summed E-state index contributed by atoms with van der Waals surface area (Å²) in [5.74, 6) is -0.726. The molecular weight excluding hydrogens is 232 g/mol. The number of primary amides is 1. The van der Waals surface area contributed by atoms with Crippen LogP contribution in [0.25, 0.3) is 5.70 Å². The molecule has 1 aliphatic heterocycles. The van der Waals surface area contributed by atoms with E-state index in [9.17, 15) is 9.59 Å². The van der Waals surface area contributed by atoms with Gasteiger partial charge in [-0.2, -0.15) is 0 Å². The number of methoxy groups -OCH3 is 1. The summed E-state index contributed by atoms with van der Waals surface area (Å²) >= 11 is 0. The van der Waals surface area contributed by atoms with Gasteiger partial charge in [0.1, 0.15) is 6.04 Å². The maximum atomic E-state index is 11.3. The molecule has 0 radical (unpaired) electrons. The molecule has 2 rings (SSSR count). The van der Waals surface area contributed by atoms with E-state index in [1.165, 1.54) is 7.11 Å². The van der Waals surface area contributed by atoms with E-state index in [0.29, 0.717) is 12.1 Å². The van der Waals surface area contributed by atoms with Crippen LogP contribution in [-0.2, 0) is 9.53 Å². The SMILES string of the molecule is C=C(c1ccc(C(=O)OC)cc1)N1CC1C(N)=O. The molecule has 94 valence electrons. The van der Waals surface area contributed by atoms with Gasteiger partial charge in [-0.15, -0.1) is 0 Å². The van der Waals surface area contributed by atoms with Crippen molar-refractivity contribution in [2.45, 2.75) is 6.04 Å². The number of esters is 1. The average Bonchev–Trinajstić information content (AvgIpc) is 3.17. The highest BCUT2D eigenvalue weighted by atomic mass is 16.5. The maximum absolute atomic E-state index is 11.3. The van der Waals surface area contributed by atoms with Crippen molar-refractivity contribution in [1.29, 1.82) is 0 Å². The Bertz CT molecular complexity index is 507. The van der Waals surface area contributed by atoms with Crippen LogP contribution in [0.1, 0.15) is 15.9 Å². The minimum absolute atomic E-state index is 0.252. The zero-order valence-electron chi connectivity index (χ0n) is 10.1. The van der Waals surface area contributed by atoms with Crippen molar-refractivity contribution < 1.29 is 14.3 Å². The van der Waals surface area contributed by atoms with Crippen LogP contribution in [0.2, 0.25) is 0 Å². The van der Waals surface area contributed by atoms with E-state index in [1.807, 2.05) is 4.90 Å². The lowest BCUT2D eigenvalue weighted by molar-refractivity contribution is -0.118. The van der Waals surface area contributed by atoms with Gasteiger partial charge < -0.3 is 15.4 Å². The Morgan fingerprint density at radius 3 is 2.33 bits per heavy atom. The molecule has 1 aromatic rings. The first-order valence-electron chi connectivity index (χ1n) is 5.48. The second-order valence-electron chi connectivity index (χ2n) is 4.09. The molecule has 5 heteroatoms. The van der Waals surface area contributed by atoms with Gasteiger partial charge in [-0.05, 0) is 17.7 Å². The van der Waals surface area contributed by atoms with E-state index >= 15 is 0 Å². The molecule has 18 heavy (non-hydrogen) atoms. The van der Waals surface area contributed by atoms with Crippen molar-refractivity contribution in [3.05, 3.63) is 42.0 Å². The molecule has 1 atom stereocenters. The maximum Gasteiger partial charge on any atom is 0.337 e. The number of nitrogens with zero attached hydrogens (tertiary/aromatic N) is 1. The van der Waals surface area contributed by atoms with Crippen LogP contribution in [0.5, 0.6) is 0 Å². The second kappa shape index (κ2) is 4.52. The van der Waals surface area contributed by atoms with Crippen molar-refractivity contribution in [3.8, 4) is 0 Å². The number of carbonyl (C=O) groups excluding carboxylic acids is 2. The summed E-state index contributed by atoms with van der Waals surface area (Å²) in [4.78, 5) is 24.0. The fourth-order valence-electron chi connectivity index (χ4n) is 1.76. The number of hydrogen-bond donors (Lipinski definition) is 1. The average molecular weight is 246 g/mol. The van der Waals surface area contributed by atoms with Crippen LogP contribution in [0, 0.1) is 0 Å². The molecule has 0 aliphatic carbocycles. The Balaban J connectivity index is 2.09. The number of nitrogens with two attached hydrogens (primary N) is 1. The van der Waals surface area contributed by atoms with Gasteiger partial charge in [0.05, 0.1) is 12.7 Å². The summed E-state index contributed by atoms with van der Waals surface area (Å²) in [6.45, 7) is 4.52. The first-order valence-corrected chi connectivity index (χ1v) is 5.48. The van der Waals surface area contributed by atoms with Crippen LogP contribution in [0.15, 0.2) is 30.8 Å². The lowest BCUT2D eigenvalue weighted by atomic mass is 10.1. The highest BCUT2D eigenvalue weighted by molar-refractivity contribution is 5.90. The summed E-state index contributed by atoms with van der Waals surface area (Å²) in [5.41, 5.74) is 7.27. The van der Waals surface area contributed by atoms with E-state index in [4.69, 9.17) is 5.73 Å². The Kier molecular flexibility index (Phi) is 3.06. The summed E-state index contributed by atoms with van der Waals surface area (Å²) < 4.78 is 4.61. The fraction of sp³-hybridized carbons (Fsp3) is 0.231. The lowest BCUT2D eigenvalue weighted by Gasteiger charge is -2.09. The van der Waals surface area contributed by atoms with Gasteiger partial charge in [0.15, 0.2) is 0 Å². The van der Waals surface area contributed by atoms with Crippen molar-refractivity contribution in [1.82, 2.24) is 4.90 Å². The van der Waals surface area contributed by atoms with Crippen LogP contribution >= 0.6 is 0 Å². The summed E-state index contributed by atoms with van der Waals surface area (Å²) in [5, 5.41) is 0. The molecule has 1 amide bonds. The fourth-order valence-corrected chi connectivity index (χ4v) is 1.76. The Labute approximate surface area is 105 Å². The minimum Gasteiger partial charge on any atom is -0.465 e. The van der Waals surface area contributed by atoms with Crippen molar-refractivity contribution in [3.63, 3.8) is 0 Å².